The predicted octanol–water partition coefficient (Wildman–Crippen LogP) is 2.81. The SMILES string of the molecule is COc1ccc(-c2cc(C)c(S(=O)(=O)NCC3COCCO3)cc2C)cc1F. The topological polar surface area (TPSA) is 73.9 Å². The number of methoxy groups -OCH3 is 1. The summed E-state index contributed by atoms with van der Waals surface area (Å²) >= 11 is 0. The van der Waals surface area contributed by atoms with Crippen molar-refractivity contribution >= 4 is 10.0 Å². The van der Waals surface area contributed by atoms with Gasteiger partial charge in [-0.2, -0.15) is 0 Å². The number of hydrogen-bond acceptors (Lipinski definition) is 5. The summed E-state index contributed by atoms with van der Waals surface area (Å²) in [7, 11) is -2.30. The van der Waals surface area contributed by atoms with E-state index in [1.165, 1.54) is 13.2 Å². The molecule has 0 aromatic heterocycles. The summed E-state index contributed by atoms with van der Waals surface area (Å²) in [5.41, 5.74) is 2.73. The second kappa shape index (κ2) is 8.57. The van der Waals surface area contributed by atoms with Crippen molar-refractivity contribution in [1.29, 1.82) is 0 Å². The van der Waals surface area contributed by atoms with Crippen LogP contribution in [0.3, 0.4) is 0 Å². The van der Waals surface area contributed by atoms with Crippen molar-refractivity contribution in [1.82, 2.24) is 4.72 Å². The second-order valence-electron chi connectivity index (χ2n) is 6.70. The van der Waals surface area contributed by atoms with Crippen LogP contribution in [0.2, 0.25) is 0 Å². The van der Waals surface area contributed by atoms with E-state index in [4.69, 9.17) is 14.2 Å². The number of hydrogen-bond donors (Lipinski definition) is 1. The monoisotopic (exact) mass is 409 g/mol. The van der Waals surface area contributed by atoms with E-state index in [0.29, 0.717) is 30.9 Å². The van der Waals surface area contributed by atoms with E-state index in [1.807, 2.05) is 0 Å². The van der Waals surface area contributed by atoms with E-state index >= 15 is 0 Å². The summed E-state index contributed by atoms with van der Waals surface area (Å²) in [5.74, 6) is -0.305. The lowest BCUT2D eigenvalue weighted by molar-refractivity contribution is -0.0846. The number of benzene rings is 2. The molecule has 152 valence electrons. The van der Waals surface area contributed by atoms with Gasteiger partial charge in [0.2, 0.25) is 10.0 Å². The Morgan fingerprint density at radius 3 is 2.61 bits per heavy atom. The standard InChI is InChI=1S/C20H24FNO5S/c1-13-9-20(28(23,24)22-11-16-12-26-6-7-27-16)14(2)8-17(13)15-4-5-19(25-3)18(21)10-15/h4-5,8-10,16,22H,6-7,11-12H2,1-3H3. The van der Waals surface area contributed by atoms with Gasteiger partial charge in [-0.05, 0) is 60.4 Å². The van der Waals surface area contributed by atoms with Crippen LogP contribution in [0.15, 0.2) is 35.2 Å². The Kier molecular flexibility index (Phi) is 6.34. The molecule has 8 heteroatoms. The fourth-order valence-corrected chi connectivity index (χ4v) is 4.53. The summed E-state index contributed by atoms with van der Waals surface area (Å²) in [4.78, 5) is 0.194. The summed E-state index contributed by atoms with van der Waals surface area (Å²) in [6, 6.07) is 8.04. The van der Waals surface area contributed by atoms with Crippen molar-refractivity contribution in [3.8, 4) is 16.9 Å². The Hall–Kier alpha value is -2.00. The molecular weight excluding hydrogens is 385 g/mol. The first-order valence-electron chi connectivity index (χ1n) is 8.96. The van der Waals surface area contributed by atoms with Gasteiger partial charge in [0, 0.05) is 6.54 Å². The van der Waals surface area contributed by atoms with Crippen LogP contribution in [0.25, 0.3) is 11.1 Å². The zero-order valence-electron chi connectivity index (χ0n) is 16.1. The van der Waals surface area contributed by atoms with Crippen molar-refractivity contribution < 1.29 is 27.0 Å². The number of ether oxygens (including phenoxy) is 3. The fourth-order valence-electron chi connectivity index (χ4n) is 3.16. The molecule has 28 heavy (non-hydrogen) atoms. The summed E-state index contributed by atoms with van der Waals surface area (Å²) in [5, 5.41) is 0. The molecule has 1 unspecified atom stereocenters. The van der Waals surface area contributed by atoms with Crippen LogP contribution in [0, 0.1) is 19.7 Å². The minimum Gasteiger partial charge on any atom is -0.494 e. The zero-order valence-corrected chi connectivity index (χ0v) is 16.9. The lowest BCUT2D eigenvalue weighted by atomic mass is 9.98. The molecule has 0 aliphatic carbocycles. The zero-order chi connectivity index (χ0) is 20.3. The summed E-state index contributed by atoms with van der Waals surface area (Å²) in [6.07, 6.45) is -0.300. The van der Waals surface area contributed by atoms with E-state index in [0.717, 1.165) is 11.1 Å². The maximum atomic E-state index is 14.1. The van der Waals surface area contributed by atoms with Crippen molar-refractivity contribution in [2.24, 2.45) is 0 Å². The first kappa shape index (κ1) is 20.7. The average Bonchev–Trinajstić information content (AvgIpc) is 2.68. The second-order valence-corrected chi connectivity index (χ2v) is 8.44. The van der Waals surface area contributed by atoms with Gasteiger partial charge in [0.25, 0.3) is 0 Å². The third-order valence-corrected chi connectivity index (χ3v) is 6.23. The van der Waals surface area contributed by atoms with Crippen molar-refractivity contribution in [3.05, 3.63) is 47.3 Å². The molecule has 3 rings (SSSR count). The largest absolute Gasteiger partial charge is 0.494 e. The Morgan fingerprint density at radius 2 is 1.96 bits per heavy atom. The fraction of sp³-hybridized carbons (Fsp3) is 0.400. The number of halogens is 1. The maximum Gasteiger partial charge on any atom is 0.240 e. The van der Waals surface area contributed by atoms with Gasteiger partial charge in [0.05, 0.1) is 37.9 Å². The summed E-state index contributed by atoms with van der Waals surface area (Å²) < 4.78 is 57.9. The molecule has 1 saturated heterocycles. The minimum absolute atomic E-state index is 0.145. The van der Waals surface area contributed by atoms with E-state index in [9.17, 15) is 12.8 Å². The van der Waals surface area contributed by atoms with E-state index in [-0.39, 0.29) is 23.3 Å². The van der Waals surface area contributed by atoms with Crippen LogP contribution in [-0.4, -0.2) is 48.0 Å². The van der Waals surface area contributed by atoms with Gasteiger partial charge in [-0.25, -0.2) is 17.5 Å². The molecule has 2 aromatic carbocycles. The molecule has 6 nitrogen and oxygen atoms in total. The lowest BCUT2D eigenvalue weighted by Crippen LogP contribution is -2.39. The maximum absolute atomic E-state index is 14.1. The molecule has 1 heterocycles. The van der Waals surface area contributed by atoms with Crippen LogP contribution in [0.5, 0.6) is 5.75 Å². The number of aryl methyl sites for hydroxylation is 2. The van der Waals surface area contributed by atoms with Gasteiger partial charge in [-0.3, -0.25) is 0 Å². The highest BCUT2D eigenvalue weighted by molar-refractivity contribution is 7.89. The normalized spacial score (nSPS) is 17.5. The van der Waals surface area contributed by atoms with Gasteiger partial charge in [-0.15, -0.1) is 0 Å². The first-order chi connectivity index (χ1) is 13.3. The van der Waals surface area contributed by atoms with Crippen LogP contribution in [0.1, 0.15) is 11.1 Å². The molecule has 1 fully saturated rings. The number of nitrogens with one attached hydrogen (secondary N) is 1. The molecule has 0 amide bonds. The molecule has 0 bridgehead atoms. The first-order valence-corrected chi connectivity index (χ1v) is 10.4. The number of sulfonamides is 1. The van der Waals surface area contributed by atoms with Gasteiger partial charge in [0.15, 0.2) is 11.6 Å². The van der Waals surface area contributed by atoms with E-state index in [1.54, 1.807) is 38.1 Å². The van der Waals surface area contributed by atoms with E-state index < -0.39 is 15.8 Å². The van der Waals surface area contributed by atoms with E-state index in [2.05, 4.69) is 4.72 Å². The number of rotatable bonds is 6. The molecule has 0 radical (unpaired) electrons. The Bertz CT molecular complexity index is 955. The Labute approximate surface area is 164 Å². The van der Waals surface area contributed by atoms with Crippen molar-refractivity contribution in [2.45, 2.75) is 24.8 Å². The molecule has 1 atom stereocenters. The molecular formula is C20H24FNO5S. The van der Waals surface area contributed by atoms with Gasteiger partial charge in [0.1, 0.15) is 0 Å². The molecule has 1 aliphatic heterocycles. The third-order valence-electron chi connectivity index (χ3n) is 4.66. The minimum atomic E-state index is -3.71. The van der Waals surface area contributed by atoms with Crippen molar-refractivity contribution in [2.75, 3.05) is 33.5 Å². The lowest BCUT2D eigenvalue weighted by Gasteiger charge is -2.23. The molecule has 0 saturated carbocycles. The highest BCUT2D eigenvalue weighted by Crippen LogP contribution is 2.31. The van der Waals surface area contributed by atoms with Crippen LogP contribution in [-0.2, 0) is 19.5 Å². The average molecular weight is 409 g/mol. The van der Waals surface area contributed by atoms with Crippen LogP contribution in [0.4, 0.5) is 4.39 Å². The van der Waals surface area contributed by atoms with Crippen LogP contribution < -0.4 is 9.46 Å². The smallest absolute Gasteiger partial charge is 0.240 e. The van der Waals surface area contributed by atoms with Crippen LogP contribution >= 0.6 is 0 Å². The van der Waals surface area contributed by atoms with Gasteiger partial charge < -0.3 is 14.2 Å². The molecule has 2 aromatic rings. The highest BCUT2D eigenvalue weighted by atomic mass is 32.2. The third kappa shape index (κ3) is 4.52. The quantitative estimate of drug-likeness (QED) is 0.794. The Balaban J connectivity index is 1.85. The predicted molar refractivity (Wildman–Crippen MR) is 104 cm³/mol. The summed E-state index contributed by atoms with van der Waals surface area (Å²) in [6.45, 7) is 5.01. The Morgan fingerprint density at radius 1 is 1.18 bits per heavy atom. The highest BCUT2D eigenvalue weighted by Gasteiger charge is 2.22. The van der Waals surface area contributed by atoms with Crippen molar-refractivity contribution in [3.63, 3.8) is 0 Å². The van der Waals surface area contributed by atoms with Gasteiger partial charge in [-0.1, -0.05) is 6.07 Å². The molecule has 0 spiro atoms. The molecule has 1 N–H and O–H groups in total. The van der Waals surface area contributed by atoms with Gasteiger partial charge >= 0.3 is 0 Å². The molecule has 1 aliphatic rings.